The molecule has 9 heteroatoms. The second-order valence-electron chi connectivity index (χ2n) is 8.23. The molecular weight excluding hydrogens is 361 g/mol. The number of amides is 1. The molecule has 2 N–H and O–H groups in total. The van der Waals surface area contributed by atoms with Gasteiger partial charge in [-0.3, -0.25) is 4.79 Å². The second-order valence-corrected chi connectivity index (χ2v) is 8.23. The lowest BCUT2D eigenvalue weighted by Crippen LogP contribution is -2.46. The van der Waals surface area contributed by atoms with Gasteiger partial charge in [0.05, 0.1) is 18.3 Å². The molecule has 3 heterocycles. The van der Waals surface area contributed by atoms with E-state index in [1.807, 2.05) is 27.7 Å². The maximum absolute atomic E-state index is 12.6. The summed E-state index contributed by atoms with van der Waals surface area (Å²) in [5.74, 6) is -0.960. The van der Waals surface area contributed by atoms with Crippen molar-refractivity contribution in [3.05, 3.63) is 23.5 Å². The van der Waals surface area contributed by atoms with Gasteiger partial charge in [0.15, 0.2) is 0 Å². The molecule has 0 aromatic carbocycles. The molecule has 1 aromatic heterocycles. The van der Waals surface area contributed by atoms with Crippen molar-refractivity contribution in [1.82, 2.24) is 15.6 Å². The van der Waals surface area contributed by atoms with E-state index in [1.165, 1.54) is 7.11 Å². The molecule has 0 aliphatic carbocycles. The first-order valence-electron chi connectivity index (χ1n) is 9.61. The minimum Gasteiger partial charge on any atom is -0.464 e. The summed E-state index contributed by atoms with van der Waals surface area (Å²) >= 11 is 0. The van der Waals surface area contributed by atoms with Crippen LogP contribution in [-0.4, -0.2) is 61.4 Å². The Kier molecular flexibility index (Phi) is 5.79. The Morgan fingerprint density at radius 3 is 2.50 bits per heavy atom. The van der Waals surface area contributed by atoms with Crippen molar-refractivity contribution in [2.45, 2.75) is 57.8 Å². The summed E-state index contributed by atoms with van der Waals surface area (Å²) in [5, 5.41) is 6.21. The van der Waals surface area contributed by atoms with Crippen molar-refractivity contribution < 1.29 is 23.6 Å². The molecule has 2 fully saturated rings. The Bertz CT molecular complexity index is 746. The predicted octanol–water partition coefficient (Wildman–Crippen LogP) is 0.649. The lowest BCUT2D eigenvalue weighted by molar-refractivity contribution is 0.00578. The van der Waals surface area contributed by atoms with Crippen LogP contribution in [0.3, 0.4) is 0 Å². The van der Waals surface area contributed by atoms with Gasteiger partial charge in [0.2, 0.25) is 0 Å². The fourth-order valence-corrected chi connectivity index (χ4v) is 3.25. The smallest absolute Gasteiger partial charge is 0.464 e. The SMILES string of the molecule is COC(=O)c1nc(C(=O)N[C@@H]2CCCNC2)ccc1B1OC(C)(C)C(C)(C)O1. The number of pyridine rings is 1. The van der Waals surface area contributed by atoms with Gasteiger partial charge >= 0.3 is 13.1 Å². The van der Waals surface area contributed by atoms with E-state index < -0.39 is 24.3 Å². The molecule has 1 aromatic rings. The first kappa shape index (κ1) is 20.8. The molecular formula is C19H28BN3O5. The van der Waals surface area contributed by atoms with Gasteiger partial charge in [-0.2, -0.15) is 0 Å². The molecule has 1 amide bonds. The fourth-order valence-electron chi connectivity index (χ4n) is 3.25. The number of rotatable bonds is 4. The number of hydrogen-bond acceptors (Lipinski definition) is 7. The summed E-state index contributed by atoms with van der Waals surface area (Å²) in [6.45, 7) is 9.40. The molecule has 28 heavy (non-hydrogen) atoms. The molecule has 0 spiro atoms. The van der Waals surface area contributed by atoms with Crippen molar-refractivity contribution in [2.24, 2.45) is 0 Å². The average molecular weight is 389 g/mol. The van der Waals surface area contributed by atoms with Gasteiger partial charge in [0.25, 0.3) is 5.91 Å². The molecule has 2 saturated heterocycles. The molecule has 1 atom stereocenters. The number of carbonyl (C=O) groups excluding carboxylic acids is 2. The van der Waals surface area contributed by atoms with Crippen LogP contribution in [0.5, 0.6) is 0 Å². The molecule has 3 rings (SSSR count). The zero-order valence-corrected chi connectivity index (χ0v) is 17.1. The highest BCUT2D eigenvalue weighted by atomic mass is 16.7. The highest BCUT2D eigenvalue weighted by Crippen LogP contribution is 2.36. The van der Waals surface area contributed by atoms with Crippen molar-refractivity contribution >= 4 is 24.5 Å². The van der Waals surface area contributed by atoms with Crippen LogP contribution in [0.15, 0.2) is 12.1 Å². The number of esters is 1. The normalized spacial score (nSPS) is 23.3. The molecule has 0 bridgehead atoms. The first-order chi connectivity index (χ1) is 13.1. The van der Waals surface area contributed by atoms with Gasteiger partial charge in [-0.05, 0) is 53.1 Å². The number of nitrogens with zero attached hydrogens (tertiary/aromatic N) is 1. The lowest BCUT2D eigenvalue weighted by Gasteiger charge is -2.32. The first-order valence-corrected chi connectivity index (χ1v) is 9.61. The summed E-state index contributed by atoms with van der Waals surface area (Å²) < 4.78 is 16.9. The number of aromatic nitrogens is 1. The highest BCUT2D eigenvalue weighted by Gasteiger charge is 2.52. The summed E-state index contributed by atoms with van der Waals surface area (Å²) in [5.41, 5.74) is -0.493. The zero-order valence-electron chi connectivity index (χ0n) is 17.1. The van der Waals surface area contributed by atoms with Crippen molar-refractivity contribution in [3.63, 3.8) is 0 Å². The van der Waals surface area contributed by atoms with Gasteiger partial charge < -0.3 is 24.7 Å². The Morgan fingerprint density at radius 2 is 1.93 bits per heavy atom. The van der Waals surface area contributed by atoms with Gasteiger partial charge in [0.1, 0.15) is 11.4 Å². The second kappa shape index (κ2) is 7.81. The Hall–Kier alpha value is -1.97. The van der Waals surface area contributed by atoms with E-state index >= 15 is 0 Å². The third kappa shape index (κ3) is 4.06. The largest absolute Gasteiger partial charge is 0.497 e. The van der Waals surface area contributed by atoms with Crippen LogP contribution < -0.4 is 16.1 Å². The molecule has 2 aliphatic heterocycles. The minimum atomic E-state index is -0.772. The van der Waals surface area contributed by atoms with Crippen LogP contribution in [0.1, 0.15) is 61.5 Å². The molecule has 0 saturated carbocycles. The number of piperidine rings is 1. The fraction of sp³-hybridized carbons (Fsp3) is 0.632. The monoisotopic (exact) mass is 389 g/mol. The van der Waals surface area contributed by atoms with Crippen molar-refractivity contribution in [1.29, 1.82) is 0 Å². The van der Waals surface area contributed by atoms with E-state index in [0.717, 1.165) is 25.9 Å². The van der Waals surface area contributed by atoms with E-state index in [1.54, 1.807) is 12.1 Å². The summed E-state index contributed by atoms with van der Waals surface area (Å²) in [6.07, 6.45) is 1.92. The van der Waals surface area contributed by atoms with Crippen LogP contribution >= 0.6 is 0 Å². The molecule has 0 radical (unpaired) electrons. The third-order valence-corrected chi connectivity index (χ3v) is 5.68. The van der Waals surface area contributed by atoms with E-state index in [0.29, 0.717) is 5.46 Å². The maximum Gasteiger partial charge on any atom is 0.497 e. The van der Waals surface area contributed by atoms with E-state index in [9.17, 15) is 9.59 Å². The zero-order chi connectivity index (χ0) is 20.5. The van der Waals surface area contributed by atoms with Gasteiger partial charge in [-0.25, -0.2) is 9.78 Å². The van der Waals surface area contributed by atoms with Gasteiger partial charge in [-0.15, -0.1) is 0 Å². The molecule has 2 aliphatic rings. The van der Waals surface area contributed by atoms with Crippen LogP contribution in [-0.2, 0) is 14.0 Å². The van der Waals surface area contributed by atoms with E-state index in [2.05, 4.69) is 15.6 Å². The molecule has 152 valence electrons. The quantitative estimate of drug-likeness (QED) is 0.576. The Balaban J connectivity index is 1.86. The topological polar surface area (TPSA) is 98.8 Å². The average Bonchev–Trinajstić information content (AvgIpc) is 2.88. The maximum atomic E-state index is 12.6. The van der Waals surface area contributed by atoms with E-state index in [-0.39, 0.29) is 23.3 Å². The minimum absolute atomic E-state index is 0.0235. The number of ether oxygens (including phenoxy) is 1. The number of hydrogen-bond donors (Lipinski definition) is 2. The van der Waals surface area contributed by atoms with Crippen LogP contribution in [0.2, 0.25) is 0 Å². The van der Waals surface area contributed by atoms with Crippen LogP contribution in [0, 0.1) is 0 Å². The summed E-state index contributed by atoms with van der Waals surface area (Å²) in [6, 6.07) is 3.28. The number of carbonyl (C=O) groups is 2. The molecule has 8 nitrogen and oxygen atoms in total. The van der Waals surface area contributed by atoms with Gasteiger partial charge in [-0.1, -0.05) is 6.07 Å². The van der Waals surface area contributed by atoms with Crippen LogP contribution in [0.4, 0.5) is 0 Å². The number of nitrogens with one attached hydrogen (secondary N) is 2. The van der Waals surface area contributed by atoms with Crippen molar-refractivity contribution in [2.75, 3.05) is 20.2 Å². The number of methoxy groups -OCH3 is 1. The standard InChI is InChI=1S/C19H28BN3O5/c1-18(2)19(3,4)28-20(27-18)13-8-9-14(23-15(13)17(25)26-5)16(24)22-12-7-6-10-21-11-12/h8-9,12,21H,6-7,10-11H2,1-5H3,(H,22,24)/t12-/m1/s1. The summed E-state index contributed by atoms with van der Waals surface area (Å²) in [4.78, 5) is 29.2. The highest BCUT2D eigenvalue weighted by molar-refractivity contribution is 6.63. The third-order valence-electron chi connectivity index (χ3n) is 5.68. The van der Waals surface area contributed by atoms with Crippen LogP contribution in [0.25, 0.3) is 0 Å². The predicted molar refractivity (Wildman–Crippen MR) is 105 cm³/mol. The summed E-state index contributed by atoms with van der Waals surface area (Å²) in [7, 11) is 0.504. The van der Waals surface area contributed by atoms with Crippen molar-refractivity contribution in [3.8, 4) is 0 Å². The van der Waals surface area contributed by atoms with E-state index in [4.69, 9.17) is 14.0 Å². The Labute approximate surface area is 165 Å². The lowest BCUT2D eigenvalue weighted by atomic mass is 9.77. The van der Waals surface area contributed by atoms with Gasteiger partial charge in [0, 0.05) is 18.0 Å². The molecule has 0 unspecified atom stereocenters. The Morgan fingerprint density at radius 1 is 1.25 bits per heavy atom.